The van der Waals surface area contributed by atoms with E-state index in [0.29, 0.717) is 17.0 Å². The molecule has 1 unspecified atom stereocenters. The fourth-order valence-corrected chi connectivity index (χ4v) is 4.72. The van der Waals surface area contributed by atoms with E-state index in [4.69, 9.17) is 11.5 Å². The Labute approximate surface area is 169 Å². The summed E-state index contributed by atoms with van der Waals surface area (Å²) < 4.78 is 0. The lowest BCUT2D eigenvalue weighted by Gasteiger charge is -2.34. The van der Waals surface area contributed by atoms with Crippen LogP contribution < -0.4 is 11.5 Å². The summed E-state index contributed by atoms with van der Waals surface area (Å²) in [6.45, 7) is 2.18. The third-order valence-electron chi connectivity index (χ3n) is 6.34. The van der Waals surface area contributed by atoms with Crippen LogP contribution in [-0.2, 0) is 12.1 Å². The molecule has 1 heterocycles. The van der Waals surface area contributed by atoms with Crippen LogP contribution in [0.5, 0.6) is 0 Å². The van der Waals surface area contributed by atoms with Gasteiger partial charge < -0.3 is 16.5 Å². The quantitative estimate of drug-likeness (QED) is 0.357. The summed E-state index contributed by atoms with van der Waals surface area (Å²) in [5, 5.41) is 3.26. The number of nitrogens with one attached hydrogen (secondary N) is 1. The molecule has 0 saturated carbocycles. The fraction of sp³-hybridized carbons (Fsp3) is 0.240. The molecule has 146 valence electrons. The number of carbonyl (C=O) groups excluding carboxylic acids is 1. The van der Waals surface area contributed by atoms with E-state index in [-0.39, 0.29) is 5.78 Å². The number of hydrogen-bond acceptors (Lipinski definition) is 3. The van der Waals surface area contributed by atoms with Crippen LogP contribution in [0, 0.1) is 5.92 Å². The molecule has 0 spiro atoms. The van der Waals surface area contributed by atoms with Gasteiger partial charge in [0.2, 0.25) is 0 Å². The molecule has 1 atom stereocenters. The number of H-pyrrole nitrogens is 1. The van der Waals surface area contributed by atoms with E-state index in [9.17, 15) is 4.79 Å². The zero-order chi connectivity index (χ0) is 20.2. The molecule has 0 aliphatic heterocycles. The van der Waals surface area contributed by atoms with Crippen molar-refractivity contribution < 1.29 is 4.79 Å². The van der Waals surface area contributed by atoms with Crippen molar-refractivity contribution in [2.45, 2.75) is 31.8 Å². The first-order valence-corrected chi connectivity index (χ1v) is 10.2. The van der Waals surface area contributed by atoms with Crippen LogP contribution in [0.25, 0.3) is 21.7 Å². The highest BCUT2D eigenvalue weighted by atomic mass is 16.1. The Morgan fingerprint density at radius 3 is 2.55 bits per heavy atom. The molecule has 4 aromatic rings. The van der Waals surface area contributed by atoms with E-state index in [1.54, 1.807) is 0 Å². The fourth-order valence-electron chi connectivity index (χ4n) is 4.72. The minimum Gasteiger partial charge on any atom is -0.356 e. The number of ketones is 1. The van der Waals surface area contributed by atoms with Crippen LogP contribution in [0.15, 0.2) is 60.7 Å². The average molecular weight is 383 g/mol. The van der Waals surface area contributed by atoms with Crippen LogP contribution in [0.4, 0.5) is 0 Å². The Kier molecular flexibility index (Phi) is 4.09. The number of hydrogen-bond donors (Lipinski definition) is 3. The van der Waals surface area contributed by atoms with Crippen molar-refractivity contribution in [1.82, 2.24) is 4.98 Å². The molecule has 0 fully saturated rings. The predicted molar refractivity (Wildman–Crippen MR) is 118 cm³/mol. The van der Waals surface area contributed by atoms with Crippen molar-refractivity contribution in [3.8, 4) is 0 Å². The van der Waals surface area contributed by atoms with Crippen LogP contribution >= 0.6 is 0 Å². The van der Waals surface area contributed by atoms with Gasteiger partial charge in [-0.2, -0.15) is 0 Å². The van der Waals surface area contributed by atoms with Gasteiger partial charge in [0.25, 0.3) is 0 Å². The van der Waals surface area contributed by atoms with Gasteiger partial charge in [-0.05, 0) is 59.4 Å². The third kappa shape index (κ3) is 2.96. The standard InChI is InChI=1S/C25H25N3O/c1-2-15-11-21-20-13-19(9-10-22(20)28-24(21)25(26,27)14-15)23(29)18-8-7-16-5-3-4-6-17(16)12-18/h3-10,12-13,15,28H,2,11,14,26-27H2,1H3. The zero-order valence-corrected chi connectivity index (χ0v) is 16.5. The van der Waals surface area contributed by atoms with E-state index in [1.165, 1.54) is 0 Å². The van der Waals surface area contributed by atoms with Gasteiger partial charge in [-0.3, -0.25) is 4.79 Å². The Morgan fingerprint density at radius 1 is 1.03 bits per heavy atom. The molecule has 3 aromatic carbocycles. The first-order valence-electron chi connectivity index (χ1n) is 10.2. The first kappa shape index (κ1) is 18.1. The summed E-state index contributed by atoms with van der Waals surface area (Å²) in [5.41, 5.74) is 16.5. The molecule has 5 N–H and O–H groups in total. The van der Waals surface area contributed by atoms with Crippen LogP contribution in [-0.4, -0.2) is 10.8 Å². The van der Waals surface area contributed by atoms with Gasteiger partial charge in [-0.15, -0.1) is 0 Å². The highest BCUT2D eigenvalue weighted by Gasteiger charge is 2.36. The summed E-state index contributed by atoms with van der Waals surface area (Å²) in [6.07, 6.45) is 2.75. The first-order chi connectivity index (χ1) is 14.0. The zero-order valence-electron chi connectivity index (χ0n) is 16.5. The number of carbonyl (C=O) groups is 1. The second-order valence-corrected chi connectivity index (χ2v) is 8.35. The van der Waals surface area contributed by atoms with Gasteiger partial charge >= 0.3 is 0 Å². The molecule has 1 aliphatic carbocycles. The molecule has 0 radical (unpaired) electrons. The predicted octanol–water partition coefficient (Wildman–Crippen LogP) is 4.59. The maximum atomic E-state index is 13.2. The van der Waals surface area contributed by atoms with Crippen molar-refractivity contribution in [1.29, 1.82) is 0 Å². The molecular weight excluding hydrogens is 358 g/mol. The molecule has 0 amide bonds. The molecule has 29 heavy (non-hydrogen) atoms. The summed E-state index contributed by atoms with van der Waals surface area (Å²) in [5.74, 6) is 0.485. The maximum absolute atomic E-state index is 13.2. The monoisotopic (exact) mass is 383 g/mol. The van der Waals surface area contributed by atoms with Crippen molar-refractivity contribution in [2.75, 3.05) is 0 Å². The van der Waals surface area contributed by atoms with E-state index < -0.39 is 5.66 Å². The minimum atomic E-state index is -0.851. The van der Waals surface area contributed by atoms with Gasteiger partial charge in [0.1, 0.15) is 5.66 Å². The maximum Gasteiger partial charge on any atom is 0.193 e. The molecule has 1 aromatic heterocycles. The van der Waals surface area contributed by atoms with E-state index in [0.717, 1.165) is 52.2 Å². The lowest BCUT2D eigenvalue weighted by atomic mass is 9.79. The second-order valence-electron chi connectivity index (χ2n) is 8.35. The number of fused-ring (bicyclic) bond motifs is 4. The minimum absolute atomic E-state index is 0.0298. The molecular formula is C25H25N3O. The summed E-state index contributed by atoms with van der Waals surface area (Å²) >= 11 is 0. The Bertz CT molecular complexity index is 1250. The smallest absolute Gasteiger partial charge is 0.193 e. The van der Waals surface area contributed by atoms with Gasteiger partial charge in [-0.1, -0.05) is 49.7 Å². The largest absolute Gasteiger partial charge is 0.356 e. The molecule has 5 rings (SSSR count). The van der Waals surface area contributed by atoms with E-state index in [1.807, 2.05) is 54.6 Å². The average Bonchev–Trinajstić information content (AvgIpc) is 3.11. The topological polar surface area (TPSA) is 84.9 Å². The Hall–Kier alpha value is -2.95. The lowest BCUT2D eigenvalue weighted by Crippen LogP contribution is -2.50. The van der Waals surface area contributed by atoms with Crippen LogP contribution in [0.1, 0.15) is 46.9 Å². The van der Waals surface area contributed by atoms with E-state index in [2.05, 4.69) is 18.0 Å². The number of benzene rings is 3. The molecule has 0 bridgehead atoms. The molecule has 1 aliphatic rings. The van der Waals surface area contributed by atoms with Crippen LogP contribution in [0.3, 0.4) is 0 Å². The van der Waals surface area contributed by atoms with Crippen LogP contribution in [0.2, 0.25) is 0 Å². The van der Waals surface area contributed by atoms with Gasteiger partial charge in [0.05, 0.1) is 5.69 Å². The Morgan fingerprint density at radius 2 is 1.76 bits per heavy atom. The van der Waals surface area contributed by atoms with Crippen molar-refractivity contribution in [3.05, 3.63) is 83.0 Å². The summed E-state index contributed by atoms with van der Waals surface area (Å²) in [7, 11) is 0. The molecule has 4 heteroatoms. The Balaban J connectivity index is 1.60. The SMILES string of the molecule is CCC1Cc2c([nH]c3ccc(C(=O)c4ccc5ccccc5c4)cc23)C(N)(N)C1. The van der Waals surface area contributed by atoms with Gasteiger partial charge in [0, 0.05) is 22.0 Å². The second kappa shape index (κ2) is 6.55. The van der Waals surface area contributed by atoms with Crippen molar-refractivity contribution >= 4 is 27.5 Å². The van der Waals surface area contributed by atoms with E-state index >= 15 is 0 Å². The lowest BCUT2D eigenvalue weighted by molar-refractivity contribution is 0.103. The number of aromatic nitrogens is 1. The third-order valence-corrected chi connectivity index (χ3v) is 6.34. The number of aromatic amines is 1. The van der Waals surface area contributed by atoms with Crippen molar-refractivity contribution in [2.24, 2.45) is 17.4 Å². The highest BCUT2D eigenvalue weighted by Crippen LogP contribution is 2.38. The summed E-state index contributed by atoms with van der Waals surface area (Å²) in [4.78, 5) is 16.6. The molecule has 4 nitrogen and oxygen atoms in total. The van der Waals surface area contributed by atoms with Gasteiger partial charge in [0.15, 0.2) is 5.78 Å². The highest BCUT2D eigenvalue weighted by molar-refractivity contribution is 6.12. The van der Waals surface area contributed by atoms with Crippen molar-refractivity contribution in [3.63, 3.8) is 0 Å². The summed E-state index contributed by atoms with van der Waals surface area (Å²) in [6, 6.07) is 19.8. The normalized spacial score (nSPS) is 18.1. The van der Waals surface area contributed by atoms with Gasteiger partial charge in [-0.25, -0.2) is 0 Å². The molecule has 0 saturated heterocycles. The number of rotatable bonds is 3. The number of nitrogens with two attached hydrogens (primary N) is 2.